The lowest BCUT2D eigenvalue weighted by atomic mass is 9.99. The Hall–Kier alpha value is -2.03. The van der Waals surface area contributed by atoms with Crippen LogP contribution in [0.1, 0.15) is 11.1 Å². The lowest BCUT2D eigenvalue weighted by Gasteiger charge is -2.29. The van der Waals surface area contributed by atoms with Crippen molar-refractivity contribution >= 4 is 5.82 Å². The number of pyridine rings is 1. The fourth-order valence-corrected chi connectivity index (χ4v) is 2.39. The summed E-state index contributed by atoms with van der Waals surface area (Å²) in [5.74, 6) is 2.00. The number of methoxy groups -OCH3 is 1. The van der Waals surface area contributed by atoms with E-state index in [9.17, 15) is 0 Å². The molecular formula is C15H16N2O. The average Bonchev–Trinajstić information content (AvgIpc) is 2.47. The molecule has 3 nitrogen and oxygen atoms in total. The molecule has 0 amide bonds. The summed E-state index contributed by atoms with van der Waals surface area (Å²) < 4.78 is 5.27. The third-order valence-electron chi connectivity index (χ3n) is 3.40. The summed E-state index contributed by atoms with van der Waals surface area (Å²) in [5.41, 5.74) is 2.76. The van der Waals surface area contributed by atoms with Crippen LogP contribution in [0.15, 0.2) is 42.6 Å². The predicted octanol–water partition coefficient (Wildman–Crippen LogP) is 2.65. The molecule has 0 spiro atoms. The summed E-state index contributed by atoms with van der Waals surface area (Å²) in [5, 5.41) is 0. The minimum atomic E-state index is 0.927. The highest BCUT2D eigenvalue weighted by Gasteiger charge is 2.17. The Balaban J connectivity index is 1.85. The van der Waals surface area contributed by atoms with Crippen molar-refractivity contribution in [2.45, 2.75) is 13.0 Å². The molecule has 0 bridgehead atoms. The highest BCUT2D eigenvalue weighted by atomic mass is 16.5. The molecule has 0 saturated heterocycles. The average molecular weight is 240 g/mol. The van der Waals surface area contributed by atoms with E-state index in [1.165, 1.54) is 11.1 Å². The molecule has 1 aromatic carbocycles. The van der Waals surface area contributed by atoms with Gasteiger partial charge < -0.3 is 9.64 Å². The Bertz CT molecular complexity index is 539. The summed E-state index contributed by atoms with van der Waals surface area (Å²) in [6, 6.07) is 12.4. The zero-order valence-corrected chi connectivity index (χ0v) is 10.5. The van der Waals surface area contributed by atoms with Crippen molar-refractivity contribution in [1.82, 2.24) is 4.98 Å². The van der Waals surface area contributed by atoms with Crippen LogP contribution in [0.5, 0.6) is 5.75 Å². The first-order valence-electron chi connectivity index (χ1n) is 6.18. The van der Waals surface area contributed by atoms with E-state index in [1.54, 1.807) is 7.11 Å². The lowest BCUT2D eigenvalue weighted by Crippen LogP contribution is -2.30. The summed E-state index contributed by atoms with van der Waals surface area (Å²) in [6.45, 7) is 1.94. The SMILES string of the molecule is COc1ccc2c(c1)CCN(c1ccccn1)C2. The Morgan fingerprint density at radius 3 is 2.89 bits per heavy atom. The van der Waals surface area contributed by atoms with Crippen LogP contribution in [-0.2, 0) is 13.0 Å². The fraction of sp³-hybridized carbons (Fsp3) is 0.267. The van der Waals surface area contributed by atoms with Crippen molar-refractivity contribution in [3.8, 4) is 5.75 Å². The van der Waals surface area contributed by atoms with Crippen molar-refractivity contribution < 1.29 is 4.74 Å². The third kappa shape index (κ3) is 2.04. The van der Waals surface area contributed by atoms with Crippen molar-refractivity contribution in [1.29, 1.82) is 0 Å². The van der Waals surface area contributed by atoms with Crippen LogP contribution < -0.4 is 9.64 Å². The molecule has 0 atom stereocenters. The Morgan fingerprint density at radius 2 is 2.11 bits per heavy atom. The van der Waals surface area contributed by atoms with Gasteiger partial charge >= 0.3 is 0 Å². The molecule has 0 radical (unpaired) electrons. The molecule has 0 fully saturated rings. The number of nitrogens with zero attached hydrogens (tertiary/aromatic N) is 2. The first kappa shape index (κ1) is 11.1. The molecule has 0 unspecified atom stereocenters. The largest absolute Gasteiger partial charge is 0.497 e. The Morgan fingerprint density at radius 1 is 1.17 bits per heavy atom. The highest BCUT2D eigenvalue weighted by molar-refractivity contribution is 5.45. The van der Waals surface area contributed by atoms with Gasteiger partial charge in [-0.15, -0.1) is 0 Å². The van der Waals surface area contributed by atoms with Gasteiger partial charge in [-0.2, -0.15) is 0 Å². The molecule has 1 aromatic heterocycles. The number of ether oxygens (including phenoxy) is 1. The van der Waals surface area contributed by atoms with Crippen LogP contribution in [0.25, 0.3) is 0 Å². The van der Waals surface area contributed by atoms with Crippen molar-refractivity contribution in [3.05, 3.63) is 53.7 Å². The lowest BCUT2D eigenvalue weighted by molar-refractivity contribution is 0.413. The van der Waals surface area contributed by atoms with Gasteiger partial charge in [0.05, 0.1) is 7.11 Å². The van der Waals surface area contributed by atoms with Crippen molar-refractivity contribution in [3.63, 3.8) is 0 Å². The number of hydrogen-bond acceptors (Lipinski definition) is 3. The number of hydrogen-bond donors (Lipinski definition) is 0. The second-order valence-corrected chi connectivity index (χ2v) is 4.49. The molecule has 0 saturated carbocycles. The summed E-state index contributed by atoms with van der Waals surface area (Å²) in [4.78, 5) is 6.72. The Kier molecular flexibility index (Phi) is 2.89. The van der Waals surface area contributed by atoms with Gasteiger partial charge in [0.25, 0.3) is 0 Å². The number of rotatable bonds is 2. The van der Waals surface area contributed by atoms with Crippen LogP contribution in [0.3, 0.4) is 0 Å². The maximum atomic E-state index is 5.27. The number of aromatic nitrogens is 1. The van der Waals surface area contributed by atoms with Crippen molar-refractivity contribution in [2.24, 2.45) is 0 Å². The number of benzene rings is 1. The standard InChI is InChI=1S/C15H16N2O/c1-18-14-6-5-13-11-17(9-7-12(13)10-14)15-4-2-3-8-16-15/h2-6,8,10H,7,9,11H2,1H3. The van der Waals surface area contributed by atoms with Gasteiger partial charge in [0, 0.05) is 19.3 Å². The van der Waals surface area contributed by atoms with Gasteiger partial charge in [0.15, 0.2) is 0 Å². The van der Waals surface area contributed by atoms with Gasteiger partial charge in [-0.3, -0.25) is 0 Å². The van der Waals surface area contributed by atoms with E-state index in [4.69, 9.17) is 4.74 Å². The van der Waals surface area contributed by atoms with Gasteiger partial charge in [-0.05, 0) is 41.8 Å². The van der Waals surface area contributed by atoms with E-state index in [1.807, 2.05) is 24.4 Å². The minimum absolute atomic E-state index is 0.927. The quantitative estimate of drug-likeness (QED) is 0.807. The molecule has 0 N–H and O–H groups in total. The zero-order chi connectivity index (χ0) is 12.4. The maximum Gasteiger partial charge on any atom is 0.128 e. The topological polar surface area (TPSA) is 25.4 Å². The first-order valence-corrected chi connectivity index (χ1v) is 6.18. The first-order chi connectivity index (χ1) is 8.86. The minimum Gasteiger partial charge on any atom is -0.497 e. The van der Waals surface area contributed by atoms with Crippen molar-refractivity contribution in [2.75, 3.05) is 18.6 Å². The summed E-state index contributed by atoms with van der Waals surface area (Å²) in [6.07, 6.45) is 2.89. The second kappa shape index (κ2) is 4.69. The molecule has 1 aliphatic rings. The molecule has 0 aliphatic carbocycles. The summed E-state index contributed by atoms with van der Waals surface area (Å²) >= 11 is 0. The number of fused-ring (bicyclic) bond motifs is 1. The second-order valence-electron chi connectivity index (χ2n) is 4.49. The number of anilines is 1. The van der Waals surface area contributed by atoms with Gasteiger partial charge in [0.2, 0.25) is 0 Å². The molecule has 1 aliphatic heterocycles. The normalized spacial score (nSPS) is 14.2. The predicted molar refractivity (Wildman–Crippen MR) is 72.0 cm³/mol. The van der Waals surface area contributed by atoms with Crippen LogP contribution in [0.2, 0.25) is 0 Å². The molecule has 2 aromatic rings. The molecule has 3 heteroatoms. The van der Waals surface area contributed by atoms with Crippen LogP contribution in [-0.4, -0.2) is 18.6 Å². The van der Waals surface area contributed by atoms with Gasteiger partial charge in [-0.25, -0.2) is 4.98 Å². The van der Waals surface area contributed by atoms with E-state index < -0.39 is 0 Å². The zero-order valence-electron chi connectivity index (χ0n) is 10.5. The maximum absolute atomic E-state index is 5.27. The van der Waals surface area contributed by atoms with E-state index in [0.717, 1.165) is 31.1 Å². The van der Waals surface area contributed by atoms with E-state index in [0.29, 0.717) is 0 Å². The molecular weight excluding hydrogens is 224 g/mol. The fourth-order valence-electron chi connectivity index (χ4n) is 2.39. The summed E-state index contributed by atoms with van der Waals surface area (Å²) in [7, 11) is 1.71. The van der Waals surface area contributed by atoms with E-state index >= 15 is 0 Å². The molecule has 3 rings (SSSR count). The highest BCUT2D eigenvalue weighted by Crippen LogP contribution is 2.25. The van der Waals surface area contributed by atoms with Crippen LogP contribution >= 0.6 is 0 Å². The Labute approximate surface area is 107 Å². The molecule has 92 valence electrons. The van der Waals surface area contributed by atoms with Gasteiger partial charge in [0.1, 0.15) is 11.6 Å². The van der Waals surface area contributed by atoms with Crippen LogP contribution in [0.4, 0.5) is 5.82 Å². The van der Waals surface area contributed by atoms with E-state index in [2.05, 4.69) is 28.1 Å². The monoisotopic (exact) mass is 240 g/mol. The van der Waals surface area contributed by atoms with E-state index in [-0.39, 0.29) is 0 Å². The van der Waals surface area contributed by atoms with Crippen LogP contribution in [0, 0.1) is 0 Å². The molecule has 2 heterocycles. The van der Waals surface area contributed by atoms with Gasteiger partial charge in [-0.1, -0.05) is 12.1 Å². The third-order valence-corrected chi connectivity index (χ3v) is 3.40. The molecule has 18 heavy (non-hydrogen) atoms. The smallest absolute Gasteiger partial charge is 0.128 e.